The maximum Gasteiger partial charge on any atom is 0.321 e. The Kier molecular flexibility index (Phi) is 9.42. The highest BCUT2D eigenvalue weighted by Crippen LogP contribution is 2.34. The number of carbonyl (C=O) groups excluding carboxylic acids is 1. The SMILES string of the molecule is C[C@@H]1CN([C@@H](C)CO)S(=O)(=O)c2ccc(/C=C/c3ccccc3)cc2O[C@@H]1CN(C)C(=O)Nc1cc(F)ccc1F. The van der Waals surface area contributed by atoms with Gasteiger partial charge in [-0.2, -0.15) is 4.31 Å². The maximum atomic E-state index is 14.1. The summed E-state index contributed by atoms with van der Waals surface area (Å²) in [5.41, 5.74) is 1.36. The van der Waals surface area contributed by atoms with Crippen molar-refractivity contribution < 1.29 is 31.8 Å². The summed E-state index contributed by atoms with van der Waals surface area (Å²) in [7, 11) is -2.56. The quantitative estimate of drug-likeness (QED) is 0.378. The van der Waals surface area contributed by atoms with Gasteiger partial charge in [-0.1, -0.05) is 55.5 Å². The van der Waals surface area contributed by atoms with Crippen molar-refractivity contribution in [2.24, 2.45) is 5.92 Å². The Balaban J connectivity index is 1.65. The first-order chi connectivity index (χ1) is 19.5. The van der Waals surface area contributed by atoms with E-state index in [0.29, 0.717) is 5.56 Å². The summed E-state index contributed by atoms with van der Waals surface area (Å²) in [5, 5.41) is 12.2. The smallest absolute Gasteiger partial charge is 0.321 e. The van der Waals surface area contributed by atoms with E-state index in [2.05, 4.69) is 5.32 Å². The van der Waals surface area contributed by atoms with E-state index >= 15 is 0 Å². The van der Waals surface area contributed by atoms with Crippen LogP contribution in [0, 0.1) is 17.6 Å². The molecule has 2 N–H and O–H groups in total. The average molecular weight is 586 g/mol. The second kappa shape index (κ2) is 12.8. The van der Waals surface area contributed by atoms with Gasteiger partial charge in [0.1, 0.15) is 28.4 Å². The Hall–Kier alpha value is -3.80. The molecule has 1 aliphatic heterocycles. The molecule has 0 saturated carbocycles. The molecule has 0 unspecified atom stereocenters. The molecule has 4 rings (SSSR count). The van der Waals surface area contributed by atoms with Crippen molar-refractivity contribution in [3.8, 4) is 5.75 Å². The van der Waals surface area contributed by atoms with E-state index in [-0.39, 0.29) is 36.0 Å². The molecule has 1 heterocycles. The van der Waals surface area contributed by atoms with E-state index in [9.17, 15) is 27.1 Å². The van der Waals surface area contributed by atoms with Gasteiger partial charge in [0.05, 0.1) is 18.8 Å². The number of nitrogens with zero attached hydrogens (tertiary/aromatic N) is 2. The van der Waals surface area contributed by atoms with Gasteiger partial charge in [0, 0.05) is 31.6 Å². The second-order valence-electron chi connectivity index (χ2n) is 10.1. The van der Waals surface area contributed by atoms with Crippen LogP contribution in [0.5, 0.6) is 5.75 Å². The number of likely N-dealkylation sites (N-methyl/N-ethyl adjacent to an activating group) is 1. The van der Waals surface area contributed by atoms with E-state index in [1.807, 2.05) is 42.5 Å². The van der Waals surface area contributed by atoms with Gasteiger partial charge < -0.3 is 20.1 Å². The first kappa shape index (κ1) is 30.2. The van der Waals surface area contributed by atoms with Crippen LogP contribution in [0.1, 0.15) is 25.0 Å². The second-order valence-corrected chi connectivity index (χ2v) is 12.0. The lowest BCUT2D eigenvalue weighted by Gasteiger charge is -2.37. The zero-order valence-corrected chi connectivity index (χ0v) is 23.8. The van der Waals surface area contributed by atoms with Gasteiger partial charge in [-0.15, -0.1) is 0 Å². The van der Waals surface area contributed by atoms with Crippen LogP contribution in [0.15, 0.2) is 71.6 Å². The minimum absolute atomic E-state index is 0.00878. The van der Waals surface area contributed by atoms with Crippen LogP contribution in [0.3, 0.4) is 0 Å². The molecule has 3 aromatic carbocycles. The molecule has 8 nitrogen and oxygen atoms in total. The molecule has 0 saturated heterocycles. The third kappa shape index (κ3) is 7.10. The summed E-state index contributed by atoms with van der Waals surface area (Å²) < 4.78 is 62.6. The number of sulfonamides is 1. The van der Waals surface area contributed by atoms with Crippen LogP contribution in [0.2, 0.25) is 0 Å². The van der Waals surface area contributed by atoms with Gasteiger partial charge in [-0.25, -0.2) is 22.0 Å². The zero-order valence-electron chi connectivity index (χ0n) is 23.0. The molecule has 0 aliphatic carbocycles. The molecule has 1 aliphatic rings. The van der Waals surface area contributed by atoms with Crippen LogP contribution in [-0.2, 0) is 10.0 Å². The van der Waals surface area contributed by atoms with Crippen molar-refractivity contribution >= 4 is 33.9 Å². The number of halogens is 2. The standard InChI is InChI=1S/C30H33F2N3O5S/c1-20-17-35(21(2)19-36)41(38,39)29-14-11-23(10-9-22-7-5-4-6-8-22)15-27(29)40-28(20)18-34(3)30(37)33-26-16-24(31)12-13-25(26)32/h4-16,20-21,28,36H,17-19H2,1-3H3,(H,33,37)/b10-9+/t20-,21+,28-/m1/s1. The Bertz CT molecular complexity index is 1520. The van der Waals surface area contributed by atoms with Crippen LogP contribution in [0.4, 0.5) is 19.3 Å². The average Bonchev–Trinajstić information content (AvgIpc) is 2.95. The summed E-state index contributed by atoms with van der Waals surface area (Å²) in [4.78, 5) is 14.1. The number of benzene rings is 3. The molecule has 3 aromatic rings. The molecule has 41 heavy (non-hydrogen) atoms. The lowest BCUT2D eigenvalue weighted by molar-refractivity contribution is 0.0830. The number of ether oxygens (including phenoxy) is 1. The fourth-order valence-corrected chi connectivity index (χ4v) is 6.30. The molecular formula is C30H33F2N3O5S. The van der Waals surface area contributed by atoms with Crippen molar-refractivity contribution in [1.29, 1.82) is 0 Å². The number of aliphatic hydroxyl groups is 1. The minimum Gasteiger partial charge on any atom is -0.487 e. The fraction of sp³-hybridized carbons (Fsp3) is 0.300. The van der Waals surface area contributed by atoms with Gasteiger partial charge in [0.2, 0.25) is 10.0 Å². The Labute approximate surface area is 238 Å². The number of aliphatic hydroxyl groups excluding tert-OH is 1. The van der Waals surface area contributed by atoms with Crippen molar-refractivity contribution in [1.82, 2.24) is 9.21 Å². The van der Waals surface area contributed by atoms with Gasteiger partial charge in [0.25, 0.3) is 0 Å². The number of hydrogen-bond donors (Lipinski definition) is 2. The number of nitrogens with one attached hydrogen (secondary N) is 1. The highest BCUT2D eigenvalue weighted by Gasteiger charge is 2.38. The molecule has 0 fully saturated rings. The van der Waals surface area contributed by atoms with E-state index in [1.165, 1.54) is 22.3 Å². The van der Waals surface area contributed by atoms with E-state index in [4.69, 9.17) is 4.74 Å². The molecule has 0 aromatic heterocycles. The van der Waals surface area contributed by atoms with Gasteiger partial charge in [-0.3, -0.25) is 0 Å². The lowest BCUT2D eigenvalue weighted by Crippen LogP contribution is -2.50. The molecule has 0 radical (unpaired) electrons. The van der Waals surface area contributed by atoms with Crippen LogP contribution in [0.25, 0.3) is 12.2 Å². The monoisotopic (exact) mass is 585 g/mol. The Morgan fingerprint density at radius 1 is 1.12 bits per heavy atom. The zero-order chi connectivity index (χ0) is 29.7. The lowest BCUT2D eigenvalue weighted by atomic mass is 10.0. The Morgan fingerprint density at radius 2 is 1.83 bits per heavy atom. The number of rotatable bonds is 7. The van der Waals surface area contributed by atoms with E-state index in [0.717, 1.165) is 23.8 Å². The normalized spacial score (nSPS) is 19.5. The van der Waals surface area contributed by atoms with Crippen molar-refractivity contribution in [3.05, 3.63) is 89.5 Å². The summed E-state index contributed by atoms with van der Waals surface area (Å²) in [6.45, 7) is 3.06. The van der Waals surface area contributed by atoms with Crippen molar-refractivity contribution in [3.63, 3.8) is 0 Å². The third-order valence-electron chi connectivity index (χ3n) is 6.93. The largest absolute Gasteiger partial charge is 0.487 e. The van der Waals surface area contributed by atoms with Crippen molar-refractivity contribution in [2.45, 2.75) is 30.9 Å². The van der Waals surface area contributed by atoms with E-state index < -0.39 is 45.8 Å². The minimum atomic E-state index is -4.03. The number of anilines is 1. The van der Waals surface area contributed by atoms with Gasteiger partial charge >= 0.3 is 6.03 Å². The molecule has 218 valence electrons. The van der Waals surface area contributed by atoms with Crippen LogP contribution >= 0.6 is 0 Å². The molecular weight excluding hydrogens is 552 g/mol. The molecule has 11 heteroatoms. The summed E-state index contributed by atoms with van der Waals surface area (Å²) >= 11 is 0. The van der Waals surface area contributed by atoms with Gasteiger partial charge in [0.15, 0.2) is 0 Å². The molecule has 0 spiro atoms. The summed E-state index contributed by atoms with van der Waals surface area (Å²) in [6.07, 6.45) is 3.05. The number of hydrogen-bond acceptors (Lipinski definition) is 5. The highest BCUT2D eigenvalue weighted by molar-refractivity contribution is 7.89. The van der Waals surface area contributed by atoms with Crippen LogP contribution in [-0.4, -0.2) is 67.7 Å². The third-order valence-corrected chi connectivity index (χ3v) is 8.95. The summed E-state index contributed by atoms with van der Waals surface area (Å²) in [6, 6.07) is 15.7. The maximum absolute atomic E-state index is 14.1. The number of carbonyl (C=O) groups is 1. The predicted octanol–water partition coefficient (Wildman–Crippen LogP) is 5.07. The number of urea groups is 1. The molecule has 3 atom stereocenters. The van der Waals surface area contributed by atoms with Crippen molar-refractivity contribution in [2.75, 3.05) is 32.1 Å². The predicted molar refractivity (Wildman–Crippen MR) is 154 cm³/mol. The number of amides is 2. The van der Waals surface area contributed by atoms with Gasteiger partial charge in [-0.05, 0) is 42.3 Å². The fourth-order valence-electron chi connectivity index (χ4n) is 4.48. The topological polar surface area (TPSA) is 99.2 Å². The molecule has 2 amide bonds. The summed E-state index contributed by atoms with van der Waals surface area (Å²) in [5.74, 6) is -1.80. The van der Waals surface area contributed by atoms with E-state index in [1.54, 1.807) is 26.0 Å². The first-order valence-corrected chi connectivity index (χ1v) is 14.6. The Morgan fingerprint density at radius 3 is 2.54 bits per heavy atom. The molecule has 0 bridgehead atoms. The highest BCUT2D eigenvalue weighted by atomic mass is 32.2. The van der Waals surface area contributed by atoms with Crippen LogP contribution < -0.4 is 10.1 Å². The number of fused-ring (bicyclic) bond motifs is 1. The first-order valence-electron chi connectivity index (χ1n) is 13.1.